The molecule has 0 spiro atoms. The summed E-state index contributed by atoms with van der Waals surface area (Å²) in [6.07, 6.45) is 4.60. The van der Waals surface area contributed by atoms with E-state index in [9.17, 15) is 0 Å². The molecule has 13 heavy (non-hydrogen) atoms. The molecule has 0 N–H and O–H groups in total. The van der Waals surface area contributed by atoms with E-state index in [1.807, 2.05) is 0 Å². The summed E-state index contributed by atoms with van der Waals surface area (Å²) < 4.78 is 0. The maximum absolute atomic E-state index is 2.32. The van der Waals surface area contributed by atoms with E-state index in [1.54, 1.807) is 0 Å². The Bertz CT molecular complexity index is 355. The highest BCUT2D eigenvalue weighted by atomic mass is 14.2. The summed E-state index contributed by atoms with van der Waals surface area (Å²) in [7, 11) is 0. The van der Waals surface area contributed by atoms with Crippen molar-refractivity contribution in [1.29, 1.82) is 0 Å². The van der Waals surface area contributed by atoms with Gasteiger partial charge < -0.3 is 0 Å². The number of benzene rings is 1. The van der Waals surface area contributed by atoms with Gasteiger partial charge in [0.2, 0.25) is 0 Å². The predicted octanol–water partition coefficient (Wildman–Crippen LogP) is 3.67. The summed E-state index contributed by atoms with van der Waals surface area (Å²) in [5.74, 6) is 0.607. The average Bonchev–Trinajstić information content (AvgIpc) is 2.49. The van der Waals surface area contributed by atoms with Gasteiger partial charge in [-0.1, -0.05) is 55.0 Å². The molecule has 66 valence electrons. The van der Waals surface area contributed by atoms with Crippen LogP contribution in [0.4, 0.5) is 0 Å². The largest absolute Gasteiger partial charge is 0.0698 e. The van der Waals surface area contributed by atoms with Crippen LogP contribution in [0, 0.1) is 5.92 Å². The third kappa shape index (κ3) is 1.57. The van der Waals surface area contributed by atoms with Gasteiger partial charge in [0.15, 0.2) is 0 Å². The summed E-state index contributed by atoms with van der Waals surface area (Å²) in [5, 5.41) is 0. The zero-order valence-corrected chi connectivity index (χ0v) is 8.12. The van der Waals surface area contributed by atoms with Gasteiger partial charge in [0.25, 0.3) is 0 Å². The van der Waals surface area contributed by atoms with Gasteiger partial charge in [-0.3, -0.25) is 0 Å². The van der Waals surface area contributed by atoms with Gasteiger partial charge in [-0.15, -0.1) is 0 Å². The first-order valence-corrected chi connectivity index (χ1v) is 4.73. The number of hydrogen-bond acceptors (Lipinski definition) is 0. The molecule has 1 unspecified atom stereocenters. The fraction of sp³-hybridized carbons (Fsp3) is 0.231. The van der Waals surface area contributed by atoms with Crippen molar-refractivity contribution < 1.29 is 0 Å². The van der Waals surface area contributed by atoms with E-state index in [0.29, 0.717) is 5.92 Å². The SMILES string of the molecule is CC1=CC(c2ccccc2)=CC1C. The Hall–Kier alpha value is -1.30. The van der Waals surface area contributed by atoms with Crippen molar-refractivity contribution >= 4 is 5.57 Å². The zero-order chi connectivity index (χ0) is 9.26. The fourth-order valence-corrected chi connectivity index (χ4v) is 1.64. The molecule has 0 aliphatic heterocycles. The van der Waals surface area contributed by atoms with E-state index in [2.05, 4.69) is 56.3 Å². The molecule has 0 saturated carbocycles. The molecule has 0 radical (unpaired) electrons. The molecule has 0 heteroatoms. The highest BCUT2D eigenvalue weighted by Crippen LogP contribution is 2.29. The van der Waals surface area contributed by atoms with Gasteiger partial charge in [-0.25, -0.2) is 0 Å². The van der Waals surface area contributed by atoms with Gasteiger partial charge in [0.05, 0.1) is 0 Å². The molecule has 0 fully saturated rings. The van der Waals surface area contributed by atoms with Crippen LogP contribution in [0.15, 0.2) is 48.1 Å². The minimum atomic E-state index is 0.607. The molecule has 0 saturated heterocycles. The van der Waals surface area contributed by atoms with Crippen LogP contribution in [0.2, 0.25) is 0 Å². The summed E-state index contributed by atoms with van der Waals surface area (Å²) in [6, 6.07) is 10.5. The molecule has 0 aromatic heterocycles. The topological polar surface area (TPSA) is 0 Å². The fourth-order valence-electron chi connectivity index (χ4n) is 1.64. The molecule has 2 rings (SSSR count). The van der Waals surface area contributed by atoms with E-state index < -0.39 is 0 Å². The van der Waals surface area contributed by atoms with E-state index in [4.69, 9.17) is 0 Å². The molecule has 0 nitrogen and oxygen atoms in total. The molecule has 1 aliphatic rings. The van der Waals surface area contributed by atoms with Crippen LogP contribution >= 0.6 is 0 Å². The highest BCUT2D eigenvalue weighted by Gasteiger charge is 2.11. The Morgan fingerprint density at radius 3 is 2.31 bits per heavy atom. The van der Waals surface area contributed by atoms with Crippen LogP contribution in [0.1, 0.15) is 19.4 Å². The minimum Gasteiger partial charge on any atom is -0.0698 e. The molecular weight excluding hydrogens is 156 g/mol. The Kier molecular flexibility index (Phi) is 2.05. The summed E-state index contributed by atoms with van der Waals surface area (Å²) in [4.78, 5) is 0. The molecule has 0 heterocycles. The third-order valence-corrected chi connectivity index (χ3v) is 2.64. The molecular formula is C13H14. The molecule has 0 bridgehead atoms. The summed E-state index contributed by atoms with van der Waals surface area (Å²) in [5.41, 5.74) is 4.15. The first kappa shape index (κ1) is 8.31. The van der Waals surface area contributed by atoms with Crippen LogP contribution in [0.25, 0.3) is 5.57 Å². The van der Waals surface area contributed by atoms with Crippen molar-refractivity contribution in [1.82, 2.24) is 0 Å². The monoisotopic (exact) mass is 170 g/mol. The first-order chi connectivity index (χ1) is 6.27. The van der Waals surface area contributed by atoms with Crippen LogP contribution in [0.3, 0.4) is 0 Å². The maximum Gasteiger partial charge on any atom is -0.00419 e. The highest BCUT2D eigenvalue weighted by molar-refractivity contribution is 5.77. The lowest BCUT2D eigenvalue weighted by molar-refractivity contribution is 0.883. The van der Waals surface area contributed by atoms with Crippen LogP contribution < -0.4 is 0 Å². The van der Waals surface area contributed by atoms with Crippen molar-refractivity contribution in [3.8, 4) is 0 Å². The molecule has 1 aliphatic carbocycles. The van der Waals surface area contributed by atoms with Gasteiger partial charge in [-0.05, 0) is 24.0 Å². The van der Waals surface area contributed by atoms with Gasteiger partial charge in [0, 0.05) is 0 Å². The van der Waals surface area contributed by atoms with Crippen molar-refractivity contribution in [2.24, 2.45) is 5.92 Å². The summed E-state index contributed by atoms with van der Waals surface area (Å²) in [6.45, 7) is 4.43. The zero-order valence-electron chi connectivity index (χ0n) is 8.12. The lowest BCUT2D eigenvalue weighted by atomic mass is 10.1. The molecule has 1 aromatic carbocycles. The predicted molar refractivity (Wildman–Crippen MR) is 57.3 cm³/mol. The van der Waals surface area contributed by atoms with E-state index in [1.165, 1.54) is 16.7 Å². The Morgan fingerprint density at radius 2 is 1.77 bits per heavy atom. The Morgan fingerprint density at radius 1 is 1.08 bits per heavy atom. The van der Waals surface area contributed by atoms with Crippen LogP contribution in [-0.4, -0.2) is 0 Å². The van der Waals surface area contributed by atoms with Gasteiger partial charge in [0.1, 0.15) is 0 Å². The molecule has 1 aromatic rings. The molecule has 1 atom stereocenters. The standard InChI is InChI=1S/C13H14/c1-10-8-13(9-11(10)2)12-6-4-3-5-7-12/h3-10H,1-2H3. The second kappa shape index (κ2) is 3.21. The van der Waals surface area contributed by atoms with Crippen molar-refractivity contribution in [3.63, 3.8) is 0 Å². The van der Waals surface area contributed by atoms with Crippen molar-refractivity contribution in [3.05, 3.63) is 53.6 Å². The Labute approximate surface area is 79.6 Å². The maximum atomic E-state index is 2.32. The number of hydrogen-bond donors (Lipinski definition) is 0. The lowest BCUT2D eigenvalue weighted by Gasteiger charge is -1.98. The van der Waals surface area contributed by atoms with Crippen LogP contribution in [0.5, 0.6) is 0 Å². The normalized spacial score (nSPS) is 21.2. The van der Waals surface area contributed by atoms with Crippen LogP contribution in [-0.2, 0) is 0 Å². The summed E-state index contributed by atoms with van der Waals surface area (Å²) >= 11 is 0. The lowest BCUT2D eigenvalue weighted by Crippen LogP contribution is -1.83. The number of rotatable bonds is 1. The second-order valence-corrected chi connectivity index (χ2v) is 3.67. The smallest absolute Gasteiger partial charge is 0.00419 e. The second-order valence-electron chi connectivity index (χ2n) is 3.67. The van der Waals surface area contributed by atoms with E-state index in [0.717, 1.165) is 0 Å². The van der Waals surface area contributed by atoms with Gasteiger partial charge in [-0.2, -0.15) is 0 Å². The quantitative estimate of drug-likeness (QED) is 0.603. The minimum absolute atomic E-state index is 0.607. The number of allylic oxidation sites excluding steroid dienone is 4. The Balaban J connectivity index is 2.35. The van der Waals surface area contributed by atoms with E-state index >= 15 is 0 Å². The average molecular weight is 170 g/mol. The van der Waals surface area contributed by atoms with E-state index in [-0.39, 0.29) is 0 Å². The van der Waals surface area contributed by atoms with Crippen molar-refractivity contribution in [2.45, 2.75) is 13.8 Å². The van der Waals surface area contributed by atoms with Crippen molar-refractivity contribution in [2.75, 3.05) is 0 Å². The first-order valence-electron chi connectivity index (χ1n) is 4.73. The van der Waals surface area contributed by atoms with Gasteiger partial charge >= 0.3 is 0 Å². The molecule has 0 amide bonds. The third-order valence-electron chi connectivity index (χ3n) is 2.64.